The molecular formula is C14H19N5O. The molecule has 6 nitrogen and oxygen atoms in total. The van der Waals surface area contributed by atoms with Crippen molar-refractivity contribution < 1.29 is 4.79 Å². The largest absolute Gasteiger partial charge is 0.341 e. The van der Waals surface area contributed by atoms with Crippen molar-refractivity contribution in [3.05, 3.63) is 30.2 Å². The monoisotopic (exact) mass is 273 g/mol. The van der Waals surface area contributed by atoms with Gasteiger partial charge in [0.1, 0.15) is 5.82 Å². The predicted molar refractivity (Wildman–Crippen MR) is 75.2 cm³/mol. The van der Waals surface area contributed by atoms with Gasteiger partial charge in [-0.3, -0.25) is 9.20 Å². The first-order chi connectivity index (χ1) is 9.66. The molecule has 1 fully saturated rings. The molecular weight excluding hydrogens is 254 g/mol. The smallest absolute Gasteiger partial charge is 0.239 e. The molecule has 0 bridgehead atoms. The SMILES string of the molecule is C[C@@H](N)C(=O)N1CCCC(c2nnc3ccccn23)C1. The molecule has 0 aliphatic carbocycles. The summed E-state index contributed by atoms with van der Waals surface area (Å²) in [6, 6.07) is 5.40. The fourth-order valence-electron chi connectivity index (χ4n) is 2.81. The third kappa shape index (κ3) is 2.27. The highest BCUT2D eigenvalue weighted by Crippen LogP contribution is 2.26. The lowest BCUT2D eigenvalue weighted by molar-refractivity contribution is -0.133. The minimum absolute atomic E-state index is 0.0171. The van der Waals surface area contributed by atoms with Crippen molar-refractivity contribution in [1.29, 1.82) is 0 Å². The van der Waals surface area contributed by atoms with Gasteiger partial charge in [0.2, 0.25) is 5.91 Å². The Morgan fingerprint density at radius 1 is 1.45 bits per heavy atom. The maximum absolute atomic E-state index is 12.0. The van der Waals surface area contributed by atoms with Gasteiger partial charge in [-0.25, -0.2) is 0 Å². The Kier molecular flexibility index (Phi) is 3.40. The summed E-state index contributed by atoms with van der Waals surface area (Å²) in [5.41, 5.74) is 6.54. The maximum atomic E-state index is 12.0. The standard InChI is InChI=1S/C14H19N5O/c1-10(15)14(20)18-7-4-5-11(9-18)13-17-16-12-6-2-3-8-19(12)13/h2-3,6,8,10-11H,4-5,7,9,15H2,1H3/t10-,11?/m1/s1. The van der Waals surface area contributed by atoms with Gasteiger partial charge in [-0.15, -0.1) is 10.2 Å². The molecule has 0 saturated carbocycles. The predicted octanol–water partition coefficient (Wildman–Crippen LogP) is 0.782. The van der Waals surface area contributed by atoms with Gasteiger partial charge in [-0.2, -0.15) is 0 Å². The van der Waals surface area contributed by atoms with Crippen LogP contribution in [-0.2, 0) is 4.79 Å². The van der Waals surface area contributed by atoms with E-state index < -0.39 is 6.04 Å². The number of fused-ring (bicyclic) bond motifs is 1. The van der Waals surface area contributed by atoms with Crippen molar-refractivity contribution in [2.45, 2.75) is 31.7 Å². The fraction of sp³-hybridized carbons (Fsp3) is 0.500. The second kappa shape index (κ2) is 5.20. The number of pyridine rings is 1. The van der Waals surface area contributed by atoms with Gasteiger partial charge in [0, 0.05) is 25.2 Å². The minimum Gasteiger partial charge on any atom is -0.341 e. The highest BCUT2D eigenvalue weighted by Gasteiger charge is 2.28. The second-order valence-corrected chi connectivity index (χ2v) is 5.40. The molecule has 2 aromatic heterocycles. The zero-order chi connectivity index (χ0) is 14.1. The van der Waals surface area contributed by atoms with Gasteiger partial charge >= 0.3 is 0 Å². The summed E-state index contributed by atoms with van der Waals surface area (Å²) < 4.78 is 2.00. The number of piperidine rings is 1. The van der Waals surface area contributed by atoms with Crippen molar-refractivity contribution in [3.63, 3.8) is 0 Å². The van der Waals surface area contributed by atoms with Crippen LogP contribution in [0, 0.1) is 0 Å². The number of rotatable bonds is 2. The van der Waals surface area contributed by atoms with Crippen molar-refractivity contribution >= 4 is 11.6 Å². The summed E-state index contributed by atoms with van der Waals surface area (Å²) in [4.78, 5) is 13.9. The van der Waals surface area contributed by atoms with Gasteiger partial charge in [0.25, 0.3) is 0 Å². The van der Waals surface area contributed by atoms with Crippen LogP contribution >= 0.6 is 0 Å². The molecule has 0 spiro atoms. The summed E-state index contributed by atoms with van der Waals surface area (Å²) in [7, 11) is 0. The van der Waals surface area contributed by atoms with Crippen LogP contribution in [0.5, 0.6) is 0 Å². The summed E-state index contributed by atoms with van der Waals surface area (Å²) in [6.45, 7) is 3.20. The lowest BCUT2D eigenvalue weighted by atomic mass is 9.96. The van der Waals surface area contributed by atoms with E-state index in [1.54, 1.807) is 6.92 Å². The summed E-state index contributed by atoms with van der Waals surface area (Å²) >= 11 is 0. The Labute approximate surface area is 117 Å². The fourth-order valence-corrected chi connectivity index (χ4v) is 2.81. The van der Waals surface area contributed by atoms with Crippen molar-refractivity contribution in [2.75, 3.05) is 13.1 Å². The van der Waals surface area contributed by atoms with Crippen molar-refractivity contribution in [3.8, 4) is 0 Å². The molecule has 106 valence electrons. The molecule has 3 rings (SSSR count). The summed E-state index contributed by atoms with van der Waals surface area (Å²) in [5.74, 6) is 1.18. The number of hydrogen-bond acceptors (Lipinski definition) is 4. The number of aromatic nitrogens is 3. The van der Waals surface area contributed by atoms with Gasteiger partial charge in [-0.1, -0.05) is 6.07 Å². The molecule has 1 unspecified atom stereocenters. The molecule has 2 N–H and O–H groups in total. The molecule has 1 aliphatic heterocycles. The van der Waals surface area contributed by atoms with Crippen LogP contribution in [0.3, 0.4) is 0 Å². The third-order valence-corrected chi connectivity index (χ3v) is 3.83. The Balaban J connectivity index is 1.85. The van der Waals surface area contributed by atoms with E-state index in [0.717, 1.165) is 30.9 Å². The number of carbonyl (C=O) groups excluding carboxylic acids is 1. The number of hydrogen-bond donors (Lipinski definition) is 1. The molecule has 20 heavy (non-hydrogen) atoms. The van der Waals surface area contributed by atoms with Crippen LogP contribution in [0.4, 0.5) is 0 Å². The molecule has 1 amide bonds. The Morgan fingerprint density at radius 2 is 2.30 bits per heavy atom. The zero-order valence-electron chi connectivity index (χ0n) is 11.6. The zero-order valence-corrected chi connectivity index (χ0v) is 11.6. The number of carbonyl (C=O) groups is 1. The number of likely N-dealkylation sites (tertiary alicyclic amines) is 1. The molecule has 6 heteroatoms. The van der Waals surface area contributed by atoms with Gasteiger partial charge in [0.05, 0.1) is 6.04 Å². The van der Waals surface area contributed by atoms with Gasteiger partial charge in [-0.05, 0) is 31.9 Å². The van der Waals surface area contributed by atoms with Gasteiger partial charge < -0.3 is 10.6 Å². The normalized spacial score (nSPS) is 21.1. The number of nitrogens with two attached hydrogens (primary N) is 1. The van der Waals surface area contributed by atoms with E-state index >= 15 is 0 Å². The van der Waals surface area contributed by atoms with Crippen LogP contribution in [0.25, 0.3) is 5.65 Å². The molecule has 2 atom stereocenters. The maximum Gasteiger partial charge on any atom is 0.239 e. The number of nitrogens with zero attached hydrogens (tertiary/aromatic N) is 4. The van der Waals surface area contributed by atoms with Crippen LogP contribution in [-0.4, -0.2) is 44.5 Å². The Bertz CT molecular complexity index is 621. The van der Waals surface area contributed by atoms with E-state index in [9.17, 15) is 4.79 Å². The lowest BCUT2D eigenvalue weighted by Crippen LogP contribution is -2.46. The first kappa shape index (κ1) is 13.1. The van der Waals surface area contributed by atoms with E-state index in [1.807, 2.05) is 33.7 Å². The first-order valence-electron chi connectivity index (χ1n) is 7.01. The highest BCUT2D eigenvalue weighted by molar-refractivity contribution is 5.81. The van der Waals surface area contributed by atoms with Crippen molar-refractivity contribution in [1.82, 2.24) is 19.5 Å². The minimum atomic E-state index is -0.441. The molecule has 0 aromatic carbocycles. The average molecular weight is 273 g/mol. The average Bonchev–Trinajstić information content (AvgIpc) is 2.90. The molecule has 1 saturated heterocycles. The van der Waals surface area contributed by atoms with Crippen LogP contribution in [0.15, 0.2) is 24.4 Å². The van der Waals surface area contributed by atoms with E-state index in [1.165, 1.54) is 0 Å². The summed E-state index contributed by atoms with van der Waals surface area (Å²) in [6.07, 6.45) is 3.97. The molecule has 3 heterocycles. The van der Waals surface area contributed by atoms with Crippen LogP contribution in [0.2, 0.25) is 0 Å². The summed E-state index contributed by atoms with van der Waals surface area (Å²) in [5, 5.41) is 8.49. The van der Waals surface area contributed by atoms with Crippen LogP contribution in [0.1, 0.15) is 31.5 Å². The molecule has 0 radical (unpaired) electrons. The van der Waals surface area contributed by atoms with Crippen molar-refractivity contribution in [2.24, 2.45) is 5.73 Å². The highest BCUT2D eigenvalue weighted by atomic mass is 16.2. The lowest BCUT2D eigenvalue weighted by Gasteiger charge is -2.33. The topological polar surface area (TPSA) is 76.5 Å². The van der Waals surface area contributed by atoms with E-state index in [4.69, 9.17) is 5.73 Å². The van der Waals surface area contributed by atoms with E-state index in [2.05, 4.69) is 10.2 Å². The Hall–Kier alpha value is -1.95. The van der Waals surface area contributed by atoms with Crippen LogP contribution < -0.4 is 5.73 Å². The van der Waals surface area contributed by atoms with E-state index in [-0.39, 0.29) is 11.8 Å². The molecule has 2 aromatic rings. The van der Waals surface area contributed by atoms with E-state index in [0.29, 0.717) is 6.54 Å². The first-order valence-corrected chi connectivity index (χ1v) is 7.01. The second-order valence-electron chi connectivity index (χ2n) is 5.40. The third-order valence-electron chi connectivity index (χ3n) is 3.83. The number of amides is 1. The quantitative estimate of drug-likeness (QED) is 0.877. The molecule has 1 aliphatic rings. The Morgan fingerprint density at radius 3 is 3.10 bits per heavy atom. The van der Waals surface area contributed by atoms with Gasteiger partial charge in [0.15, 0.2) is 5.65 Å².